The first-order chi connectivity index (χ1) is 11.3. The molecule has 2 aliphatic rings. The van der Waals surface area contributed by atoms with E-state index >= 15 is 0 Å². The third-order valence-electron chi connectivity index (χ3n) is 5.18. The van der Waals surface area contributed by atoms with Gasteiger partial charge in [-0.15, -0.1) is 0 Å². The third-order valence-corrected chi connectivity index (χ3v) is 5.18. The second-order valence-corrected chi connectivity index (χ2v) is 6.59. The minimum Gasteiger partial charge on any atom is -0.508 e. The van der Waals surface area contributed by atoms with E-state index in [1.165, 1.54) is 19.3 Å². The fourth-order valence-corrected chi connectivity index (χ4v) is 4.07. The monoisotopic (exact) mass is 307 g/mol. The highest BCUT2D eigenvalue weighted by molar-refractivity contribution is 6.00. The second kappa shape index (κ2) is 5.73. The molecule has 118 valence electrons. The Kier molecular flexibility index (Phi) is 3.56. The normalized spacial score (nSPS) is 21.5. The van der Waals surface area contributed by atoms with Gasteiger partial charge in [0.15, 0.2) is 0 Å². The topological polar surface area (TPSA) is 40.5 Å². The molecule has 0 unspecified atom stereocenters. The van der Waals surface area contributed by atoms with E-state index < -0.39 is 0 Å². The van der Waals surface area contributed by atoms with Crippen LogP contribution in [0.25, 0.3) is 0 Å². The maximum Gasteiger partial charge on any atom is 0.255 e. The van der Waals surface area contributed by atoms with Crippen LogP contribution in [0.4, 0.5) is 0 Å². The SMILES string of the molecule is O=C1c2ccccc2[C@@H](c2ccc(O)cc2)N1C1CCCCC1. The molecule has 3 heteroatoms. The summed E-state index contributed by atoms with van der Waals surface area (Å²) in [5.74, 6) is 0.418. The molecule has 0 bridgehead atoms. The molecule has 1 aliphatic heterocycles. The zero-order valence-corrected chi connectivity index (χ0v) is 13.1. The summed E-state index contributed by atoms with van der Waals surface area (Å²) in [6, 6.07) is 15.5. The lowest BCUT2D eigenvalue weighted by Gasteiger charge is -2.36. The van der Waals surface area contributed by atoms with Gasteiger partial charge >= 0.3 is 0 Å². The molecular formula is C20H21NO2. The van der Waals surface area contributed by atoms with Crippen molar-refractivity contribution in [3.05, 3.63) is 65.2 Å². The summed E-state index contributed by atoms with van der Waals surface area (Å²) in [4.78, 5) is 15.1. The number of nitrogens with zero attached hydrogens (tertiary/aromatic N) is 1. The van der Waals surface area contributed by atoms with Crippen LogP contribution in [-0.2, 0) is 0 Å². The summed E-state index contributed by atoms with van der Waals surface area (Å²) in [5, 5.41) is 9.58. The van der Waals surface area contributed by atoms with Gasteiger partial charge in [0.25, 0.3) is 5.91 Å². The Labute approximate surface area is 136 Å². The van der Waals surface area contributed by atoms with Crippen LogP contribution in [-0.4, -0.2) is 22.0 Å². The van der Waals surface area contributed by atoms with Gasteiger partial charge in [0, 0.05) is 11.6 Å². The van der Waals surface area contributed by atoms with Crippen molar-refractivity contribution in [2.75, 3.05) is 0 Å². The Morgan fingerprint density at radius 3 is 2.35 bits per heavy atom. The van der Waals surface area contributed by atoms with Crippen molar-refractivity contribution in [1.82, 2.24) is 4.90 Å². The van der Waals surface area contributed by atoms with Crippen LogP contribution in [0.3, 0.4) is 0 Å². The molecular weight excluding hydrogens is 286 g/mol. The predicted octanol–water partition coefficient (Wildman–Crippen LogP) is 4.27. The molecule has 3 nitrogen and oxygen atoms in total. The summed E-state index contributed by atoms with van der Waals surface area (Å²) in [6.45, 7) is 0. The van der Waals surface area contributed by atoms with E-state index in [4.69, 9.17) is 0 Å². The summed E-state index contributed by atoms with van der Waals surface area (Å²) in [7, 11) is 0. The van der Waals surface area contributed by atoms with Crippen molar-refractivity contribution in [3.63, 3.8) is 0 Å². The second-order valence-electron chi connectivity index (χ2n) is 6.59. The molecule has 0 aromatic heterocycles. The lowest BCUT2D eigenvalue weighted by Crippen LogP contribution is -2.39. The molecule has 1 N–H and O–H groups in total. The Morgan fingerprint density at radius 1 is 0.913 bits per heavy atom. The highest BCUT2D eigenvalue weighted by Gasteiger charge is 2.41. The third kappa shape index (κ3) is 2.40. The number of fused-ring (bicyclic) bond motifs is 1. The minimum absolute atomic E-state index is 0.0256. The number of hydrogen-bond acceptors (Lipinski definition) is 2. The molecule has 0 saturated heterocycles. The quantitative estimate of drug-likeness (QED) is 0.900. The van der Waals surface area contributed by atoms with Gasteiger partial charge in [-0.2, -0.15) is 0 Å². The Balaban J connectivity index is 1.80. The highest BCUT2D eigenvalue weighted by Crippen LogP contribution is 2.42. The Hall–Kier alpha value is -2.29. The average Bonchev–Trinajstić information content (AvgIpc) is 2.90. The molecule has 4 rings (SSSR count). The number of aromatic hydroxyl groups is 1. The van der Waals surface area contributed by atoms with Gasteiger partial charge in [-0.25, -0.2) is 0 Å². The van der Waals surface area contributed by atoms with Gasteiger partial charge in [-0.1, -0.05) is 49.6 Å². The van der Waals surface area contributed by atoms with E-state index in [9.17, 15) is 9.90 Å². The number of phenolic OH excluding ortho intramolecular Hbond substituents is 1. The van der Waals surface area contributed by atoms with Gasteiger partial charge in [0.05, 0.1) is 6.04 Å². The molecule has 1 heterocycles. The van der Waals surface area contributed by atoms with Gasteiger partial charge in [-0.3, -0.25) is 4.79 Å². The fourth-order valence-electron chi connectivity index (χ4n) is 4.07. The van der Waals surface area contributed by atoms with Gasteiger partial charge < -0.3 is 10.0 Å². The Morgan fingerprint density at radius 2 is 1.61 bits per heavy atom. The molecule has 1 amide bonds. The summed E-state index contributed by atoms with van der Waals surface area (Å²) in [5.41, 5.74) is 3.00. The zero-order valence-electron chi connectivity index (χ0n) is 13.1. The van der Waals surface area contributed by atoms with Crippen molar-refractivity contribution < 1.29 is 9.90 Å². The maximum atomic E-state index is 13.0. The Bertz CT molecular complexity index is 717. The summed E-state index contributed by atoms with van der Waals surface area (Å²) >= 11 is 0. The molecule has 1 atom stereocenters. The largest absolute Gasteiger partial charge is 0.508 e. The van der Waals surface area contributed by atoms with Crippen molar-refractivity contribution in [2.45, 2.75) is 44.2 Å². The first-order valence-electron chi connectivity index (χ1n) is 8.46. The van der Waals surface area contributed by atoms with Crippen LogP contribution in [0.2, 0.25) is 0 Å². The van der Waals surface area contributed by atoms with Gasteiger partial charge in [-0.05, 0) is 42.2 Å². The van der Waals surface area contributed by atoms with Crippen LogP contribution < -0.4 is 0 Å². The van der Waals surface area contributed by atoms with E-state index in [0.29, 0.717) is 6.04 Å². The van der Waals surface area contributed by atoms with Crippen molar-refractivity contribution in [1.29, 1.82) is 0 Å². The number of hydrogen-bond donors (Lipinski definition) is 1. The van der Waals surface area contributed by atoms with Crippen LogP contribution in [0.5, 0.6) is 5.75 Å². The van der Waals surface area contributed by atoms with Crippen LogP contribution >= 0.6 is 0 Å². The van der Waals surface area contributed by atoms with E-state index in [2.05, 4.69) is 11.0 Å². The van der Waals surface area contributed by atoms with Gasteiger partial charge in [0.1, 0.15) is 5.75 Å². The molecule has 23 heavy (non-hydrogen) atoms. The molecule has 2 aromatic rings. The van der Waals surface area contributed by atoms with Crippen molar-refractivity contribution >= 4 is 5.91 Å². The maximum absolute atomic E-state index is 13.0. The number of carbonyl (C=O) groups excluding carboxylic acids is 1. The number of amides is 1. The lowest BCUT2D eigenvalue weighted by molar-refractivity contribution is 0.0612. The minimum atomic E-state index is -0.0256. The van der Waals surface area contributed by atoms with Crippen LogP contribution in [0.1, 0.15) is 59.6 Å². The fraction of sp³-hybridized carbons (Fsp3) is 0.350. The van der Waals surface area contributed by atoms with E-state index in [0.717, 1.165) is 29.5 Å². The van der Waals surface area contributed by atoms with E-state index in [1.54, 1.807) is 12.1 Å². The van der Waals surface area contributed by atoms with Crippen molar-refractivity contribution in [3.8, 4) is 5.75 Å². The van der Waals surface area contributed by atoms with Crippen LogP contribution in [0.15, 0.2) is 48.5 Å². The average molecular weight is 307 g/mol. The molecule has 0 spiro atoms. The standard InChI is InChI=1S/C20H21NO2/c22-16-12-10-14(11-13-16)19-17-8-4-5-9-18(17)20(23)21(19)15-6-2-1-3-7-15/h4-5,8-13,15,19,22H,1-3,6-7H2/t19-/m1/s1. The lowest BCUT2D eigenvalue weighted by atomic mass is 9.91. The molecule has 0 radical (unpaired) electrons. The zero-order chi connectivity index (χ0) is 15.8. The highest BCUT2D eigenvalue weighted by atomic mass is 16.3. The number of benzene rings is 2. The van der Waals surface area contributed by atoms with E-state index in [1.807, 2.05) is 30.3 Å². The van der Waals surface area contributed by atoms with Gasteiger partial charge in [0.2, 0.25) is 0 Å². The first kappa shape index (κ1) is 14.3. The molecule has 2 aromatic carbocycles. The first-order valence-corrected chi connectivity index (χ1v) is 8.46. The van der Waals surface area contributed by atoms with E-state index in [-0.39, 0.29) is 17.7 Å². The number of carbonyl (C=O) groups is 1. The molecule has 1 aliphatic carbocycles. The molecule has 1 saturated carbocycles. The van der Waals surface area contributed by atoms with Crippen LogP contribution in [0, 0.1) is 0 Å². The summed E-state index contributed by atoms with van der Waals surface area (Å²) < 4.78 is 0. The van der Waals surface area contributed by atoms with Crippen molar-refractivity contribution in [2.24, 2.45) is 0 Å². The number of phenols is 1. The summed E-state index contributed by atoms with van der Waals surface area (Å²) in [6.07, 6.45) is 5.86. The smallest absolute Gasteiger partial charge is 0.255 e. The molecule has 1 fully saturated rings. The predicted molar refractivity (Wildman–Crippen MR) is 89.4 cm³/mol. The number of rotatable bonds is 2.